The number of aliphatic hydroxyl groups is 1. The maximum atomic E-state index is 9.92. The normalized spacial score (nSPS) is 28.4. The molecule has 3 saturated carbocycles. The number of aliphatic hydroxyl groups excluding tert-OH is 1. The number of likely N-dealkylation sites (tertiary alicyclic amines) is 1. The van der Waals surface area contributed by atoms with E-state index in [2.05, 4.69) is 21.7 Å². The summed E-state index contributed by atoms with van der Waals surface area (Å²) in [6.45, 7) is 4.71. The van der Waals surface area contributed by atoms with Gasteiger partial charge in [0.1, 0.15) is 5.82 Å². The molecule has 0 amide bonds. The summed E-state index contributed by atoms with van der Waals surface area (Å²) in [4.78, 5) is 12.5. The molecule has 6 heteroatoms. The summed E-state index contributed by atoms with van der Waals surface area (Å²) in [5, 5.41) is 17.2. The molecule has 0 unspecified atom stereocenters. The van der Waals surface area contributed by atoms with Crippen molar-refractivity contribution in [1.29, 1.82) is 0 Å². The molecule has 1 aromatic rings. The summed E-state index contributed by atoms with van der Waals surface area (Å²) in [5.41, 5.74) is 1.31. The summed E-state index contributed by atoms with van der Waals surface area (Å²) in [6, 6.07) is 0.410. The number of hydrogen-bond acceptors (Lipinski definition) is 6. The van der Waals surface area contributed by atoms with E-state index in [1.54, 1.807) is 0 Å². The zero-order valence-corrected chi connectivity index (χ0v) is 20.5. The van der Waals surface area contributed by atoms with Crippen LogP contribution in [-0.4, -0.2) is 58.3 Å². The lowest BCUT2D eigenvalue weighted by molar-refractivity contribution is 0.126. The lowest BCUT2D eigenvalue weighted by Crippen LogP contribution is -2.37. The maximum Gasteiger partial charge on any atom is 0.224 e. The van der Waals surface area contributed by atoms with Crippen molar-refractivity contribution in [2.24, 2.45) is 11.8 Å². The van der Waals surface area contributed by atoms with Crippen molar-refractivity contribution in [2.45, 2.75) is 108 Å². The summed E-state index contributed by atoms with van der Waals surface area (Å²) in [5.74, 6) is 4.09. The summed E-state index contributed by atoms with van der Waals surface area (Å²) in [6.07, 6.45) is 19.5. The van der Waals surface area contributed by atoms with E-state index < -0.39 is 0 Å². The molecule has 33 heavy (non-hydrogen) atoms. The Balaban J connectivity index is 1.22. The Bertz CT molecular complexity index is 732. The topological polar surface area (TPSA) is 73.3 Å². The van der Waals surface area contributed by atoms with Crippen LogP contribution in [0, 0.1) is 11.8 Å². The molecule has 5 rings (SSSR count). The lowest BCUT2D eigenvalue weighted by Gasteiger charge is -2.36. The molecule has 4 fully saturated rings. The first-order valence-corrected chi connectivity index (χ1v) is 14.0. The first kappa shape index (κ1) is 23.3. The van der Waals surface area contributed by atoms with Gasteiger partial charge in [-0.1, -0.05) is 25.7 Å². The Morgan fingerprint density at radius 1 is 0.848 bits per heavy atom. The number of rotatable bonds is 8. The largest absolute Gasteiger partial charge is 0.393 e. The van der Waals surface area contributed by atoms with Crippen LogP contribution in [0.25, 0.3) is 0 Å². The SMILES string of the molecule is OC1CCC(Nc2nc(NCC3CCC3)ncc2C2CCN(CC3CCCCC3)CC2)CC1. The van der Waals surface area contributed by atoms with Crippen molar-refractivity contribution in [1.82, 2.24) is 14.9 Å². The first-order valence-electron chi connectivity index (χ1n) is 14.0. The number of piperidine rings is 1. The van der Waals surface area contributed by atoms with E-state index in [1.165, 1.54) is 89.4 Å². The molecule has 184 valence electrons. The maximum absolute atomic E-state index is 9.92. The van der Waals surface area contributed by atoms with Gasteiger partial charge in [-0.25, -0.2) is 4.98 Å². The van der Waals surface area contributed by atoms with Crippen molar-refractivity contribution in [2.75, 3.05) is 36.8 Å². The van der Waals surface area contributed by atoms with Crippen molar-refractivity contribution in [3.63, 3.8) is 0 Å². The van der Waals surface area contributed by atoms with Gasteiger partial charge in [-0.05, 0) is 95.1 Å². The van der Waals surface area contributed by atoms with Crippen LogP contribution in [0.1, 0.15) is 101 Å². The van der Waals surface area contributed by atoms with Gasteiger partial charge in [-0.2, -0.15) is 4.98 Å². The second kappa shape index (κ2) is 11.4. The fourth-order valence-electron chi connectivity index (χ4n) is 6.40. The molecule has 1 aliphatic heterocycles. The van der Waals surface area contributed by atoms with Crippen LogP contribution < -0.4 is 10.6 Å². The van der Waals surface area contributed by atoms with Gasteiger partial charge in [0.15, 0.2) is 0 Å². The fourth-order valence-corrected chi connectivity index (χ4v) is 6.40. The molecule has 0 radical (unpaired) electrons. The first-order chi connectivity index (χ1) is 16.2. The van der Waals surface area contributed by atoms with E-state index >= 15 is 0 Å². The van der Waals surface area contributed by atoms with Crippen LogP contribution in [0.5, 0.6) is 0 Å². The van der Waals surface area contributed by atoms with Crippen LogP contribution in [0.15, 0.2) is 6.20 Å². The number of aromatic nitrogens is 2. The summed E-state index contributed by atoms with van der Waals surface area (Å²) < 4.78 is 0. The smallest absolute Gasteiger partial charge is 0.224 e. The van der Waals surface area contributed by atoms with Crippen molar-refractivity contribution < 1.29 is 5.11 Å². The Labute approximate surface area is 200 Å². The van der Waals surface area contributed by atoms with Crippen molar-refractivity contribution in [3.05, 3.63) is 11.8 Å². The molecule has 0 atom stereocenters. The number of anilines is 2. The van der Waals surface area contributed by atoms with Crippen LogP contribution in [-0.2, 0) is 0 Å². The van der Waals surface area contributed by atoms with Crippen molar-refractivity contribution in [3.8, 4) is 0 Å². The molecule has 6 nitrogen and oxygen atoms in total. The summed E-state index contributed by atoms with van der Waals surface area (Å²) in [7, 11) is 0. The zero-order valence-electron chi connectivity index (χ0n) is 20.5. The van der Waals surface area contributed by atoms with Gasteiger partial charge in [-0.3, -0.25) is 0 Å². The molecule has 0 bridgehead atoms. The molecule has 3 N–H and O–H groups in total. The lowest BCUT2D eigenvalue weighted by atomic mass is 9.85. The number of nitrogens with one attached hydrogen (secondary N) is 2. The average Bonchev–Trinajstić information content (AvgIpc) is 2.81. The molecular weight excluding hydrogens is 410 g/mol. The van der Waals surface area contributed by atoms with Crippen LogP contribution in [0.3, 0.4) is 0 Å². The minimum atomic E-state index is -0.124. The third kappa shape index (κ3) is 6.39. The zero-order chi connectivity index (χ0) is 22.5. The van der Waals surface area contributed by atoms with Gasteiger partial charge in [0.05, 0.1) is 6.10 Å². The highest BCUT2D eigenvalue weighted by molar-refractivity contribution is 5.50. The van der Waals surface area contributed by atoms with E-state index in [9.17, 15) is 5.11 Å². The quantitative estimate of drug-likeness (QED) is 0.503. The predicted octanol–water partition coefficient (Wildman–Crippen LogP) is 5.16. The van der Waals surface area contributed by atoms with Crippen molar-refractivity contribution >= 4 is 11.8 Å². The molecular formula is C27H45N5O. The Kier molecular flexibility index (Phi) is 8.03. The molecule has 1 saturated heterocycles. The monoisotopic (exact) mass is 455 g/mol. The second-order valence-corrected chi connectivity index (χ2v) is 11.4. The minimum absolute atomic E-state index is 0.124. The van der Waals surface area contributed by atoms with Gasteiger partial charge in [0, 0.05) is 30.9 Å². The third-order valence-corrected chi connectivity index (χ3v) is 8.90. The third-order valence-electron chi connectivity index (χ3n) is 8.90. The highest BCUT2D eigenvalue weighted by atomic mass is 16.3. The van der Waals surface area contributed by atoms with E-state index in [0.717, 1.165) is 55.8 Å². The Morgan fingerprint density at radius 2 is 1.58 bits per heavy atom. The second-order valence-electron chi connectivity index (χ2n) is 11.4. The Hall–Kier alpha value is -1.40. The molecule has 4 aliphatic rings. The van der Waals surface area contributed by atoms with E-state index in [-0.39, 0.29) is 6.10 Å². The van der Waals surface area contributed by atoms with E-state index in [4.69, 9.17) is 9.97 Å². The molecule has 0 aromatic carbocycles. The summed E-state index contributed by atoms with van der Waals surface area (Å²) >= 11 is 0. The van der Waals surface area contributed by atoms with Gasteiger partial charge >= 0.3 is 0 Å². The molecule has 3 aliphatic carbocycles. The number of nitrogens with zero attached hydrogens (tertiary/aromatic N) is 3. The molecule has 0 spiro atoms. The van der Waals surface area contributed by atoms with E-state index in [0.29, 0.717) is 12.0 Å². The predicted molar refractivity (Wildman–Crippen MR) is 135 cm³/mol. The minimum Gasteiger partial charge on any atom is -0.393 e. The van der Waals surface area contributed by atoms with Gasteiger partial charge < -0.3 is 20.6 Å². The van der Waals surface area contributed by atoms with E-state index in [1.807, 2.05) is 0 Å². The fraction of sp³-hybridized carbons (Fsp3) is 0.852. The van der Waals surface area contributed by atoms with Crippen LogP contribution in [0.4, 0.5) is 11.8 Å². The molecule has 1 aromatic heterocycles. The van der Waals surface area contributed by atoms with Gasteiger partial charge in [0.2, 0.25) is 5.95 Å². The van der Waals surface area contributed by atoms with Crippen LogP contribution in [0.2, 0.25) is 0 Å². The van der Waals surface area contributed by atoms with Crippen LogP contribution >= 0.6 is 0 Å². The standard InChI is InChI=1S/C27H45N5O/c33-24-11-9-23(10-12-24)30-26-25(18-29-27(31-26)28-17-20-7-4-8-20)22-13-15-32(16-14-22)19-21-5-2-1-3-6-21/h18,20-24,33H,1-17,19H2,(H2,28,29,30,31). The Morgan fingerprint density at radius 3 is 2.27 bits per heavy atom. The van der Waals surface area contributed by atoms with Gasteiger partial charge in [0.25, 0.3) is 0 Å². The number of hydrogen-bond donors (Lipinski definition) is 3. The highest BCUT2D eigenvalue weighted by Crippen LogP contribution is 2.35. The van der Waals surface area contributed by atoms with Gasteiger partial charge in [-0.15, -0.1) is 0 Å². The highest BCUT2D eigenvalue weighted by Gasteiger charge is 2.28. The molecule has 2 heterocycles. The average molecular weight is 456 g/mol.